The third-order valence-electron chi connectivity index (χ3n) is 7.00. The predicted octanol–water partition coefficient (Wildman–Crippen LogP) is 6.06. The maximum atomic E-state index is 2.53. The van der Waals surface area contributed by atoms with Gasteiger partial charge in [-0.25, -0.2) is 0 Å². The van der Waals surface area contributed by atoms with Crippen LogP contribution in [0.2, 0.25) is 0 Å². The van der Waals surface area contributed by atoms with Gasteiger partial charge in [-0.1, -0.05) is 39.5 Å². The zero-order valence-electron chi connectivity index (χ0n) is 13.2. The summed E-state index contributed by atoms with van der Waals surface area (Å²) in [6, 6.07) is 0. The van der Waals surface area contributed by atoms with Gasteiger partial charge in [0, 0.05) is 0 Å². The third kappa shape index (κ3) is 3.19. The largest absolute Gasteiger partial charge is 0.0625 e. The van der Waals surface area contributed by atoms with Gasteiger partial charge in [-0.05, 0) is 80.5 Å². The summed E-state index contributed by atoms with van der Waals surface area (Å²) >= 11 is 0. The fourth-order valence-electron chi connectivity index (χ4n) is 5.80. The van der Waals surface area contributed by atoms with Crippen LogP contribution in [0.3, 0.4) is 0 Å². The molecule has 19 heavy (non-hydrogen) atoms. The maximum absolute atomic E-state index is 2.53. The second kappa shape index (κ2) is 6.19. The first-order valence-electron chi connectivity index (χ1n) is 9.24. The molecule has 0 saturated heterocycles. The molecule has 0 heterocycles. The van der Waals surface area contributed by atoms with Crippen LogP contribution in [-0.4, -0.2) is 0 Å². The Labute approximate surface area is 120 Å². The van der Waals surface area contributed by atoms with Crippen LogP contribution in [0.15, 0.2) is 0 Å². The van der Waals surface area contributed by atoms with E-state index in [0.717, 1.165) is 35.5 Å². The molecule has 0 nitrogen and oxygen atoms in total. The number of hydrogen-bond donors (Lipinski definition) is 0. The van der Waals surface area contributed by atoms with Gasteiger partial charge in [0.05, 0.1) is 0 Å². The van der Waals surface area contributed by atoms with Crippen molar-refractivity contribution in [2.45, 2.75) is 84.5 Å². The molecule has 3 rings (SSSR count). The highest BCUT2D eigenvalue weighted by Gasteiger charge is 2.37. The van der Waals surface area contributed by atoms with E-state index >= 15 is 0 Å². The highest BCUT2D eigenvalue weighted by Crippen LogP contribution is 2.48. The van der Waals surface area contributed by atoms with Gasteiger partial charge in [0.1, 0.15) is 0 Å². The normalized spacial score (nSPS) is 47.1. The van der Waals surface area contributed by atoms with Crippen LogP contribution < -0.4 is 0 Å². The van der Waals surface area contributed by atoms with Crippen molar-refractivity contribution in [1.82, 2.24) is 0 Å². The topological polar surface area (TPSA) is 0 Å². The molecular weight excluding hydrogens is 228 g/mol. The molecule has 6 atom stereocenters. The highest BCUT2D eigenvalue weighted by atomic mass is 14.4. The van der Waals surface area contributed by atoms with Crippen molar-refractivity contribution in [2.24, 2.45) is 35.5 Å². The molecule has 0 aromatic rings. The number of rotatable bonds is 3. The van der Waals surface area contributed by atoms with E-state index in [1.807, 2.05) is 0 Å². The Morgan fingerprint density at radius 2 is 1.47 bits per heavy atom. The van der Waals surface area contributed by atoms with Crippen molar-refractivity contribution in [3.8, 4) is 0 Å². The van der Waals surface area contributed by atoms with E-state index in [2.05, 4.69) is 13.8 Å². The zero-order chi connectivity index (χ0) is 13.2. The molecule has 3 aliphatic carbocycles. The van der Waals surface area contributed by atoms with Crippen LogP contribution in [-0.2, 0) is 0 Å². The van der Waals surface area contributed by atoms with E-state index in [0.29, 0.717) is 0 Å². The Morgan fingerprint density at radius 3 is 2.32 bits per heavy atom. The van der Waals surface area contributed by atoms with Gasteiger partial charge in [0.15, 0.2) is 0 Å². The smallest absolute Gasteiger partial charge is 0.0357 e. The summed E-state index contributed by atoms with van der Waals surface area (Å²) in [7, 11) is 0. The van der Waals surface area contributed by atoms with Gasteiger partial charge in [-0.2, -0.15) is 0 Å². The van der Waals surface area contributed by atoms with E-state index < -0.39 is 0 Å². The second-order valence-electron chi connectivity index (χ2n) is 8.28. The maximum Gasteiger partial charge on any atom is -0.0357 e. The van der Waals surface area contributed by atoms with Crippen molar-refractivity contribution in [3.05, 3.63) is 0 Å². The van der Waals surface area contributed by atoms with E-state index in [4.69, 9.17) is 0 Å². The Kier molecular flexibility index (Phi) is 4.54. The molecule has 6 unspecified atom stereocenters. The number of fused-ring (bicyclic) bond motifs is 1. The molecule has 110 valence electrons. The molecule has 0 radical (unpaired) electrons. The van der Waals surface area contributed by atoms with Crippen LogP contribution in [0.1, 0.15) is 84.5 Å². The molecule has 0 aromatic carbocycles. The standard InChI is InChI=1S/C19H34/c1-14-7-8-16(15(2)13-14)9-10-18-12-11-17-5-3-4-6-19(17)18/h14-19H,3-13H2,1-2H3. The predicted molar refractivity (Wildman–Crippen MR) is 83.1 cm³/mol. The van der Waals surface area contributed by atoms with Gasteiger partial charge >= 0.3 is 0 Å². The molecule has 0 N–H and O–H groups in total. The summed E-state index contributed by atoms with van der Waals surface area (Å²) in [6.07, 6.45) is 17.0. The van der Waals surface area contributed by atoms with Crippen LogP contribution in [0, 0.1) is 35.5 Å². The fourth-order valence-corrected chi connectivity index (χ4v) is 5.80. The third-order valence-corrected chi connectivity index (χ3v) is 7.00. The van der Waals surface area contributed by atoms with Gasteiger partial charge in [0.2, 0.25) is 0 Å². The summed E-state index contributed by atoms with van der Waals surface area (Å²) < 4.78 is 0. The first-order chi connectivity index (χ1) is 9.24. The van der Waals surface area contributed by atoms with E-state index in [9.17, 15) is 0 Å². The molecule has 0 aromatic heterocycles. The summed E-state index contributed by atoms with van der Waals surface area (Å²) in [5.41, 5.74) is 0. The SMILES string of the molecule is CC1CCC(CCC2CCC3CCCCC32)C(C)C1. The lowest BCUT2D eigenvalue weighted by molar-refractivity contribution is 0.165. The van der Waals surface area contributed by atoms with Gasteiger partial charge in [-0.15, -0.1) is 0 Å². The zero-order valence-corrected chi connectivity index (χ0v) is 13.2. The molecule has 0 aliphatic heterocycles. The highest BCUT2D eigenvalue weighted by molar-refractivity contribution is 4.88. The lowest BCUT2D eigenvalue weighted by Gasteiger charge is -2.34. The summed E-state index contributed by atoms with van der Waals surface area (Å²) in [6.45, 7) is 4.98. The number of hydrogen-bond acceptors (Lipinski definition) is 0. The van der Waals surface area contributed by atoms with E-state index in [-0.39, 0.29) is 0 Å². The van der Waals surface area contributed by atoms with Crippen LogP contribution in [0.4, 0.5) is 0 Å². The lowest BCUT2D eigenvalue weighted by Crippen LogP contribution is -2.24. The molecule has 0 heteroatoms. The monoisotopic (exact) mass is 262 g/mol. The molecule has 3 aliphatic rings. The molecule has 0 spiro atoms. The summed E-state index contributed by atoms with van der Waals surface area (Å²) in [5.74, 6) is 6.48. The molecule has 3 saturated carbocycles. The lowest BCUT2D eigenvalue weighted by atomic mass is 9.71. The average Bonchev–Trinajstić information content (AvgIpc) is 2.81. The van der Waals surface area contributed by atoms with Gasteiger partial charge in [0.25, 0.3) is 0 Å². The minimum Gasteiger partial charge on any atom is -0.0625 e. The fraction of sp³-hybridized carbons (Fsp3) is 1.00. The van der Waals surface area contributed by atoms with Crippen LogP contribution >= 0.6 is 0 Å². The van der Waals surface area contributed by atoms with Crippen molar-refractivity contribution >= 4 is 0 Å². The van der Waals surface area contributed by atoms with Crippen molar-refractivity contribution in [2.75, 3.05) is 0 Å². The minimum absolute atomic E-state index is 1.00. The van der Waals surface area contributed by atoms with Crippen LogP contribution in [0.25, 0.3) is 0 Å². The first kappa shape index (κ1) is 14.0. The molecule has 3 fully saturated rings. The van der Waals surface area contributed by atoms with Gasteiger partial charge in [-0.3, -0.25) is 0 Å². The van der Waals surface area contributed by atoms with E-state index in [1.54, 1.807) is 38.5 Å². The summed E-state index contributed by atoms with van der Waals surface area (Å²) in [5, 5.41) is 0. The Bertz CT molecular complexity index is 282. The summed E-state index contributed by atoms with van der Waals surface area (Å²) in [4.78, 5) is 0. The van der Waals surface area contributed by atoms with E-state index in [1.165, 1.54) is 32.1 Å². The van der Waals surface area contributed by atoms with Crippen molar-refractivity contribution < 1.29 is 0 Å². The average molecular weight is 262 g/mol. The Balaban J connectivity index is 1.47. The second-order valence-corrected chi connectivity index (χ2v) is 8.28. The Hall–Kier alpha value is 0. The molecule has 0 amide bonds. The minimum atomic E-state index is 1.00. The van der Waals surface area contributed by atoms with Gasteiger partial charge < -0.3 is 0 Å². The first-order valence-corrected chi connectivity index (χ1v) is 9.24. The molecule has 0 bridgehead atoms. The van der Waals surface area contributed by atoms with Crippen molar-refractivity contribution in [1.29, 1.82) is 0 Å². The van der Waals surface area contributed by atoms with Crippen molar-refractivity contribution in [3.63, 3.8) is 0 Å². The Morgan fingerprint density at radius 1 is 0.737 bits per heavy atom. The molecular formula is C19H34. The van der Waals surface area contributed by atoms with Crippen LogP contribution in [0.5, 0.6) is 0 Å². The quantitative estimate of drug-likeness (QED) is 0.580.